The largest absolute Gasteiger partial charge is 0.480 e. The van der Waals surface area contributed by atoms with Crippen LogP contribution >= 0.6 is 0 Å². The topological polar surface area (TPSA) is 111 Å². The molecule has 188 valence electrons. The maximum absolute atomic E-state index is 12.4. The molecule has 0 saturated heterocycles. The number of aromatic nitrogens is 2. The molecule has 0 amide bonds. The number of nitrogens with zero attached hydrogens (tertiary/aromatic N) is 3. The molecule has 1 aliphatic rings. The van der Waals surface area contributed by atoms with E-state index in [1.807, 2.05) is 11.7 Å². The molecule has 0 radical (unpaired) electrons. The zero-order chi connectivity index (χ0) is 25.7. The number of ether oxygens (including phenoxy) is 1. The molecule has 0 fully saturated rings. The Morgan fingerprint density at radius 3 is 2.24 bits per heavy atom. The molecule has 3 rings (SSSR count). The van der Waals surface area contributed by atoms with Gasteiger partial charge in [0.25, 0.3) is 6.47 Å². The Balaban J connectivity index is 0.000000241. The van der Waals surface area contributed by atoms with Crippen molar-refractivity contribution in [2.24, 2.45) is 5.73 Å². The first-order valence-corrected chi connectivity index (χ1v) is 9.79. The van der Waals surface area contributed by atoms with Crippen LogP contribution in [0.1, 0.15) is 40.5 Å². The fourth-order valence-electron chi connectivity index (χ4n) is 3.16. The van der Waals surface area contributed by atoms with Gasteiger partial charge in [-0.05, 0) is 43.3 Å². The first-order valence-electron chi connectivity index (χ1n) is 9.79. The Bertz CT molecular complexity index is 974. The highest BCUT2D eigenvalue weighted by atomic mass is 19.4. The van der Waals surface area contributed by atoms with E-state index >= 15 is 0 Å². The minimum atomic E-state index is -4.91. The van der Waals surface area contributed by atoms with Crippen molar-refractivity contribution in [2.45, 2.75) is 44.5 Å². The third-order valence-electron chi connectivity index (χ3n) is 4.77. The fraction of sp³-hybridized carbons (Fsp3) is 0.450. The van der Waals surface area contributed by atoms with Crippen molar-refractivity contribution in [2.75, 3.05) is 13.6 Å². The summed E-state index contributed by atoms with van der Waals surface area (Å²) < 4.78 is 80.3. The summed E-state index contributed by atoms with van der Waals surface area (Å²) in [5, 5.41) is 13.1. The van der Waals surface area contributed by atoms with E-state index in [-0.39, 0.29) is 18.1 Å². The quantitative estimate of drug-likeness (QED) is 0.483. The summed E-state index contributed by atoms with van der Waals surface area (Å²) >= 11 is 0. The number of halogens is 6. The number of carbonyl (C=O) groups is 2. The average molecular weight is 496 g/mol. The highest BCUT2D eigenvalue weighted by Crippen LogP contribution is 2.36. The van der Waals surface area contributed by atoms with Crippen LogP contribution in [-0.4, -0.2) is 45.8 Å². The summed E-state index contributed by atoms with van der Waals surface area (Å²) in [4.78, 5) is 22.8. The Morgan fingerprint density at radius 2 is 1.74 bits per heavy atom. The summed E-state index contributed by atoms with van der Waals surface area (Å²) in [6.07, 6.45) is -8.79. The molecule has 0 aliphatic carbocycles. The molecule has 8 nitrogen and oxygen atoms in total. The molecule has 14 heteroatoms. The number of benzene rings is 1. The first kappa shape index (κ1) is 27.1. The Kier molecular flexibility index (Phi) is 8.66. The molecular formula is C20H22F6N4O4. The standard InChI is InChI=1S/C10H6F6O2.C10H16N4O2/c11-9(12,13)7-1-6(4-18-5-17)2-8(3-7)10(14,15)16;1-13-3-2-4-14-7(6-13)5-8(12-14)9(11)10(15)16/h1-3,5H,4H2;5,9H,2-4,6,11H2,1H3,(H,15,16). The number of rotatable bonds is 5. The summed E-state index contributed by atoms with van der Waals surface area (Å²) in [7, 11) is 2.04. The van der Waals surface area contributed by atoms with Crippen LogP contribution in [0.3, 0.4) is 0 Å². The number of carbonyl (C=O) groups excluding carboxylic acids is 1. The van der Waals surface area contributed by atoms with Crippen LogP contribution in [0.15, 0.2) is 24.3 Å². The number of aliphatic carboxylic acids is 1. The van der Waals surface area contributed by atoms with E-state index in [1.54, 1.807) is 6.07 Å². The van der Waals surface area contributed by atoms with Crippen LogP contribution in [0.25, 0.3) is 0 Å². The molecule has 2 heterocycles. The number of carboxylic acid groups (broad SMARTS) is 1. The number of alkyl halides is 6. The zero-order valence-corrected chi connectivity index (χ0v) is 17.9. The van der Waals surface area contributed by atoms with E-state index < -0.39 is 42.1 Å². The van der Waals surface area contributed by atoms with Gasteiger partial charge in [0.15, 0.2) is 0 Å². The maximum Gasteiger partial charge on any atom is 0.416 e. The average Bonchev–Trinajstić information content (AvgIpc) is 3.04. The van der Waals surface area contributed by atoms with Crippen LogP contribution in [0.4, 0.5) is 26.3 Å². The van der Waals surface area contributed by atoms with Gasteiger partial charge in [-0.3, -0.25) is 14.3 Å². The zero-order valence-electron chi connectivity index (χ0n) is 17.9. The second-order valence-corrected chi connectivity index (χ2v) is 7.51. The smallest absolute Gasteiger partial charge is 0.416 e. The van der Waals surface area contributed by atoms with Gasteiger partial charge in [-0.1, -0.05) is 0 Å². The number of hydrogen-bond acceptors (Lipinski definition) is 6. The predicted molar refractivity (Wildman–Crippen MR) is 105 cm³/mol. The van der Waals surface area contributed by atoms with Crippen LogP contribution in [-0.2, 0) is 46.4 Å². The summed E-state index contributed by atoms with van der Waals surface area (Å²) in [6, 6.07) is 1.77. The second-order valence-electron chi connectivity index (χ2n) is 7.51. The number of aryl methyl sites for hydroxylation is 1. The minimum absolute atomic E-state index is 0.00438. The van der Waals surface area contributed by atoms with Crippen LogP contribution < -0.4 is 5.73 Å². The summed E-state index contributed by atoms with van der Waals surface area (Å²) in [5.74, 6) is -1.04. The normalized spacial score (nSPS) is 15.4. The molecule has 1 atom stereocenters. The molecule has 2 aromatic rings. The van der Waals surface area contributed by atoms with E-state index in [9.17, 15) is 35.9 Å². The highest BCUT2D eigenvalue weighted by molar-refractivity contribution is 5.74. The highest BCUT2D eigenvalue weighted by Gasteiger charge is 2.36. The van der Waals surface area contributed by atoms with Gasteiger partial charge >= 0.3 is 18.3 Å². The van der Waals surface area contributed by atoms with E-state index in [1.165, 1.54) is 0 Å². The lowest BCUT2D eigenvalue weighted by Gasteiger charge is -2.13. The van der Waals surface area contributed by atoms with Gasteiger partial charge in [0, 0.05) is 19.6 Å². The molecule has 0 saturated carbocycles. The van der Waals surface area contributed by atoms with Crippen molar-refractivity contribution in [3.8, 4) is 0 Å². The molecule has 0 bridgehead atoms. The van der Waals surface area contributed by atoms with Crippen LogP contribution in [0, 0.1) is 0 Å². The van der Waals surface area contributed by atoms with Gasteiger partial charge in [0.1, 0.15) is 12.6 Å². The van der Waals surface area contributed by atoms with E-state index in [2.05, 4.69) is 14.7 Å². The summed E-state index contributed by atoms with van der Waals surface area (Å²) in [5.41, 5.74) is 3.74. The second kappa shape index (κ2) is 10.9. The third-order valence-corrected chi connectivity index (χ3v) is 4.77. The molecule has 1 aromatic carbocycles. The third kappa shape index (κ3) is 7.45. The fourth-order valence-corrected chi connectivity index (χ4v) is 3.16. The molecule has 1 aromatic heterocycles. The Labute approximate surface area is 189 Å². The summed E-state index contributed by atoms with van der Waals surface area (Å²) in [6.45, 7) is 1.93. The van der Waals surface area contributed by atoms with Gasteiger partial charge in [-0.15, -0.1) is 0 Å². The number of fused-ring (bicyclic) bond motifs is 1. The van der Waals surface area contributed by atoms with Gasteiger partial charge in [0.2, 0.25) is 0 Å². The molecule has 1 unspecified atom stereocenters. The predicted octanol–water partition coefficient (Wildman–Crippen LogP) is 3.20. The van der Waals surface area contributed by atoms with Crippen molar-refractivity contribution in [1.82, 2.24) is 14.7 Å². The SMILES string of the molecule is CN1CCCn2nc(C(N)C(=O)O)cc2C1.O=COCc1cc(C(F)(F)F)cc(C(F)(F)F)c1. The Hall–Kier alpha value is -3.13. The van der Waals surface area contributed by atoms with Gasteiger partial charge in [-0.2, -0.15) is 31.4 Å². The maximum atomic E-state index is 12.4. The van der Waals surface area contributed by atoms with Gasteiger partial charge in [0.05, 0.1) is 22.5 Å². The van der Waals surface area contributed by atoms with Crippen LogP contribution in [0.2, 0.25) is 0 Å². The number of hydrogen-bond donors (Lipinski definition) is 2. The van der Waals surface area contributed by atoms with E-state index in [0.29, 0.717) is 17.8 Å². The van der Waals surface area contributed by atoms with Gasteiger partial charge < -0.3 is 20.5 Å². The minimum Gasteiger partial charge on any atom is -0.480 e. The van der Waals surface area contributed by atoms with E-state index in [0.717, 1.165) is 31.7 Å². The molecule has 1 aliphatic heterocycles. The van der Waals surface area contributed by atoms with Gasteiger partial charge in [-0.25, -0.2) is 0 Å². The number of carboxylic acids is 1. The van der Waals surface area contributed by atoms with Crippen molar-refractivity contribution in [3.05, 3.63) is 52.3 Å². The van der Waals surface area contributed by atoms with Crippen molar-refractivity contribution < 1.29 is 45.8 Å². The Morgan fingerprint density at radius 1 is 1.15 bits per heavy atom. The van der Waals surface area contributed by atoms with Crippen molar-refractivity contribution in [3.63, 3.8) is 0 Å². The molecule has 3 N–H and O–H groups in total. The van der Waals surface area contributed by atoms with Crippen molar-refractivity contribution in [1.29, 1.82) is 0 Å². The van der Waals surface area contributed by atoms with E-state index in [4.69, 9.17) is 10.8 Å². The lowest BCUT2D eigenvalue weighted by Crippen LogP contribution is -2.21. The lowest BCUT2D eigenvalue weighted by molar-refractivity contribution is -0.143. The van der Waals surface area contributed by atoms with Crippen molar-refractivity contribution >= 4 is 12.4 Å². The molecular weight excluding hydrogens is 474 g/mol. The number of nitrogens with two attached hydrogens (primary N) is 1. The molecule has 34 heavy (non-hydrogen) atoms. The molecule has 0 spiro atoms. The lowest BCUT2D eigenvalue weighted by atomic mass is 10.1. The monoisotopic (exact) mass is 496 g/mol. The first-order chi connectivity index (χ1) is 15.7. The van der Waals surface area contributed by atoms with Crippen LogP contribution in [0.5, 0.6) is 0 Å².